The Morgan fingerprint density at radius 1 is 1.19 bits per heavy atom. The van der Waals surface area contributed by atoms with Crippen molar-refractivity contribution in [3.63, 3.8) is 0 Å². The van der Waals surface area contributed by atoms with Gasteiger partial charge in [0.05, 0.1) is 0 Å². The van der Waals surface area contributed by atoms with Gasteiger partial charge in [0.2, 0.25) is 0 Å². The molecule has 0 N–H and O–H groups in total. The first-order chi connectivity index (χ1) is 7.24. The van der Waals surface area contributed by atoms with E-state index in [-0.39, 0.29) is 63.9 Å². The molecule has 0 spiro atoms. The minimum absolute atomic E-state index is 0. The van der Waals surface area contributed by atoms with E-state index in [1.54, 1.807) is 12.1 Å². The molecule has 0 aliphatic carbocycles. The minimum Gasteiger partial charge on any atom is -0.872 e. The van der Waals surface area contributed by atoms with E-state index in [0.29, 0.717) is 0 Å². The van der Waals surface area contributed by atoms with Crippen LogP contribution >= 0.6 is 0 Å². The Morgan fingerprint density at radius 3 is 2.25 bits per heavy atom. The molecule has 0 saturated heterocycles. The van der Waals surface area contributed by atoms with Crippen molar-refractivity contribution in [2.24, 2.45) is 5.92 Å². The number of para-hydroxylation sites is 1. The van der Waals surface area contributed by atoms with Crippen LogP contribution in [0.5, 0.6) is 5.75 Å². The fourth-order valence-corrected chi connectivity index (χ4v) is 1.32. The van der Waals surface area contributed by atoms with Crippen LogP contribution in [0.1, 0.15) is 46.1 Å². The Hall–Kier alpha value is 0.825. The first-order valence-corrected chi connectivity index (χ1v) is 5.99. The molecule has 0 aromatic heterocycles. The average molecular weight is 293 g/mol. The van der Waals surface area contributed by atoms with Crippen LogP contribution < -0.4 is 63.3 Å². The predicted octanol–water partition coefficient (Wildman–Crippen LogP) is 0.769. The van der Waals surface area contributed by atoms with E-state index >= 15 is 0 Å². The van der Waals surface area contributed by atoms with Crippen LogP contribution in [0.15, 0.2) is 24.3 Å². The molecule has 16 heavy (non-hydrogen) atoms. The predicted molar refractivity (Wildman–Crippen MR) is 65.0 cm³/mol. The van der Waals surface area contributed by atoms with Gasteiger partial charge in [0, 0.05) is 0 Å². The third-order valence-electron chi connectivity index (χ3n) is 2.58. The maximum absolute atomic E-state index is 11.3. The monoisotopic (exact) mass is 292 g/mol. The van der Waals surface area contributed by atoms with Crippen LogP contribution in [0.2, 0.25) is 0 Å². The van der Waals surface area contributed by atoms with Crippen molar-refractivity contribution >= 4 is 0 Å². The summed E-state index contributed by atoms with van der Waals surface area (Å²) in [5.74, 6) is 0.908. The molecule has 0 aliphatic heterocycles. The van der Waals surface area contributed by atoms with E-state index in [4.69, 9.17) is 0 Å². The first kappa shape index (κ1) is 19.2. The molecule has 0 bridgehead atoms. The normalized spacial score (nSPS) is 10.8. The van der Waals surface area contributed by atoms with Gasteiger partial charge in [-0.3, -0.25) is 0 Å². The van der Waals surface area contributed by atoms with Crippen LogP contribution in [0, 0.1) is 5.92 Å². The van der Waals surface area contributed by atoms with Crippen LogP contribution in [0.3, 0.4) is 0 Å². The average Bonchev–Trinajstić information content (AvgIpc) is 2.30. The fourth-order valence-electron chi connectivity index (χ4n) is 1.32. The molecule has 0 radical (unpaired) electrons. The maximum Gasteiger partial charge on any atom is 1.00 e. The van der Waals surface area contributed by atoms with Crippen molar-refractivity contribution in [1.29, 1.82) is 0 Å². The summed E-state index contributed by atoms with van der Waals surface area (Å²) in [5.41, 5.74) is 0.961. The Kier molecular flexibility index (Phi) is 14.7. The third-order valence-corrected chi connectivity index (χ3v) is 2.58. The van der Waals surface area contributed by atoms with E-state index in [1.165, 1.54) is 6.42 Å². The summed E-state index contributed by atoms with van der Waals surface area (Å²) in [6.07, 6.45) is 3.24. The molecular formula is C14H23ORb. The summed E-state index contributed by atoms with van der Waals surface area (Å²) >= 11 is 0. The van der Waals surface area contributed by atoms with Crippen molar-refractivity contribution < 1.29 is 63.3 Å². The van der Waals surface area contributed by atoms with Gasteiger partial charge < -0.3 is 5.11 Å². The zero-order chi connectivity index (χ0) is 11.7. The van der Waals surface area contributed by atoms with Gasteiger partial charge in [-0.1, -0.05) is 63.9 Å². The van der Waals surface area contributed by atoms with E-state index in [1.807, 2.05) is 26.0 Å². The van der Waals surface area contributed by atoms with Gasteiger partial charge in [-0.05, 0) is 18.8 Å². The van der Waals surface area contributed by atoms with E-state index < -0.39 is 0 Å². The molecule has 0 aliphatic rings. The van der Waals surface area contributed by atoms with Crippen molar-refractivity contribution in [2.45, 2.75) is 47.0 Å². The summed E-state index contributed by atoms with van der Waals surface area (Å²) in [7, 11) is 0. The molecule has 0 saturated carbocycles. The molecule has 2 heteroatoms. The topological polar surface area (TPSA) is 23.1 Å². The summed E-state index contributed by atoms with van der Waals surface area (Å²) in [4.78, 5) is 0. The van der Waals surface area contributed by atoms with E-state index in [2.05, 4.69) is 13.8 Å². The zero-order valence-electron chi connectivity index (χ0n) is 11.4. The van der Waals surface area contributed by atoms with Gasteiger partial charge in [-0.15, -0.1) is 5.75 Å². The maximum atomic E-state index is 11.3. The number of hydrogen-bond acceptors (Lipinski definition) is 1. The van der Waals surface area contributed by atoms with Gasteiger partial charge in [0.15, 0.2) is 0 Å². The Labute approximate surface area is 149 Å². The van der Waals surface area contributed by atoms with Gasteiger partial charge in [0.1, 0.15) is 0 Å². The van der Waals surface area contributed by atoms with E-state index in [9.17, 15) is 5.11 Å². The summed E-state index contributed by atoms with van der Waals surface area (Å²) < 4.78 is 0. The molecule has 1 nitrogen and oxygen atoms in total. The molecule has 1 rings (SSSR count). The Balaban J connectivity index is 0. The van der Waals surface area contributed by atoms with Gasteiger partial charge in [-0.2, -0.15) is 0 Å². The SMILES string of the molecule is CC.CC[C@@H](C)CCc1ccccc1[O-].[Rb+]. The van der Waals surface area contributed by atoms with Crippen LogP contribution in [0.25, 0.3) is 0 Å². The largest absolute Gasteiger partial charge is 1.00 e. The van der Waals surface area contributed by atoms with Gasteiger partial charge in [0.25, 0.3) is 0 Å². The molecule has 0 fully saturated rings. The summed E-state index contributed by atoms with van der Waals surface area (Å²) in [6.45, 7) is 8.42. The molecule has 1 atom stereocenters. The first-order valence-electron chi connectivity index (χ1n) is 5.99. The number of hydrogen-bond donors (Lipinski definition) is 0. The molecule has 0 heterocycles. The van der Waals surface area contributed by atoms with Crippen molar-refractivity contribution in [3.05, 3.63) is 29.8 Å². The summed E-state index contributed by atoms with van der Waals surface area (Å²) in [5, 5.41) is 11.3. The Morgan fingerprint density at radius 2 is 1.75 bits per heavy atom. The Bertz CT molecular complexity index is 261. The number of aryl methyl sites for hydroxylation is 1. The fraction of sp³-hybridized carbons (Fsp3) is 0.571. The smallest absolute Gasteiger partial charge is 0.872 e. The molecule has 1 aromatic rings. The third kappa shape index (κ3) is 8.00. The molecule has 0 unspecified atom stereocenters. The second-order valence-electron chi connectivity index (χ2n) is 3.66. The van der Waals surface area contributed by atoms with Crippen LogP contribution in [-0.4, -0.2) is 0 Å². The molecule has 86 valence electrons. The molecule has 1 aromatic carbocycles. The van der Waals surface area contributed by atoms with Crippen molar-refractivity contribution in [3.8, 4) is 5.75 Å². The molecular weight excluding hydrogens is 270 g/mol. The van der Waals surface area contributed by atoms with Crippen molar-refractivity contribution in [2.75, 3.05) is 0 Å². The van der Waals surface area contributed by atoms with Gasteiger partial charge >= 0.3 is 58.2 Å². The second kappa shape index (κ2) is 12.3. The summed E-state index contributed by atoms with van der Waals surface area (Å²) in [6, 6.07) is 7.32. The number of rotatable bonds is 4. The van der Waals surface area contributed by atoms with E-state index in [0.717, 1.165) is 24.3 Å². The quantitative estimate of drug-likeness (QED) is 0.804. The van der Waals surface area contributed by atoms with Crippen LogP contribution in [0.4, 0.5) is 0 Å². The minimum atomic E-state index is 0. The zero-order valence-corrected chi connectivity index (χ0v) is 16.3. The number of benzene rings is 1. The van der Waals surface area contributed by atoms with Crippen molar-refractivity contribution in [1.82, 2.24) is 0 Å². The van der Waals surface area contributed by atoms with Crippen LogP contribution in [-0.2, 0) is 6.42 Å². The second-order valence-corrected chi connectivity index (χ2v) is 3.66. The van der Waals surface area contributed by atoms with Gasteiger partial charge in [-0.25, -0.2) is 0 Å². The standard InChI is InChI=1S/C12H18O.C2H6.Rb/c1-3-10(2)8-9-11-6-4-5-7-12(11)13;1-2;/h4-7,10,13H,3,8-9H2,1-2H3;1-2H3;/q;;+1/p-1/t10-;;/m1../s1. The molecule has 0 amide bonds.